The van der Waals surface area contributed by atoms with E-state index in [1.807, 2.05) is 0 Å². The third kappa shape index (κ3) is 2.88. The molecule has 1 amide bonds. The first-order valence-corrected chi connectivity index (χ1v) is 6.76. The van der Waals surface area contributed by atoms with E-state index in [1.54, 1.807) is 6.07 Å². The standard InChI is InChI=1S/C15H21FN2O/c1-15(2)9-4-3-8-12(15)18-14(19)10-6-5-7-11(16)13(10)17/h5-7,12H,3-4,8-9,17H2,1-2H3,(H,18,19). The molecule has 0 saturated heterocycles. The van der Waals surface area contributed by atoms with Gasteiger partial charge in [0.2, 0.25) is 0 Å². The lowest BCUT2D eigenvalue weighted by molar-refractivity contribution is 0.0854. The molecule has 1 saturated carbocycles. The Labute approximate surface area is 113 Å². The molecule has 1 aromatic carbocycles. The van der Waals surface area contributed by atoms with Gasteiger partial charge in [-0.05, 0) is 30.4 Å². The van der Waals surface area contributed by atoms with Gasteiger partial charge < -0.3 is 11.1 Å². The van der Waals surface area contributed by atoms with Gasteiger partial charge >= 0.3 is 0 Å². The molecular weight excluding hydrogens is 243 g/mol. The topological polar surface area (TPSA) is 55.1 Å². The molecule has 104 valence electrons. The zero-order valence-corrected chi connectivity index (χ0v) is 11.5. The van der Waals surface area contributed by atoms with Crippen LogP contribution in [0.25, 0.3) is 0 Å². The second kappa shape index (κ2) is 5.19. The van der Waals surface area contributed by atoms with Crippen molar-refractivity contribution in [1.82, 2.24) is 5.32 Å². The quantitative estimate of drug-likeness (QED) is 0.806. The summed E-state index contributed by atoms with van der Waals surface area (Å²) >= 11 is 0. The number of benzene rings is 1. The Hall–Kier alpha value is -1.58. The maximum absolute atomic E-state index is 13.4. The average molecular weight is 264 g/mol. The van der Waals surface area contributed by atoms with Crippen LogP contribution in [0.4, 0.5) is 10.1 Å². The molecule has 1 unspecified atom stereocenters. The first kappa shape index (κ1) is 13.8. The maximum atomic E-state index is 13.4. The van der Waals surface area contributed by atoms with Gasteiger partial charge in [-0.15, -0.1) is 0 Å². The van der Waals surface area contributed by atoms with Gasteiger partial charge in [0.25, 0.3) is 5.91 Å². The highest BCUT2D eigenvalue weighted by Gasteiger charge is 2.33. The van der Waals surface area contributed by atoms with E-state index in [9.17, 15) is 9.18 Å². The average Bonchev–Trinajstić information content (AvgIpc) is 2.35. The molecule has 0 aromatic heterocycles. The summed E-state index contributed by atoms with van der Waals surface area (Å²) in [5, 5.41) is 3.01. The lowest BCUT2D eigenvalue weighted by atomic mass is 9.73. The van der Waals surface area contributed by atoms with Crippen LogP contribution in [-0.2, 0) is 0 Å². The predicted octanol–water partition coefficient (Wildman–Crippen LogP) is 3.11. The number of carbonyl (C=O) groups excluding carboxylic acids is 1. The van der Waals surface area contributed by atoms with E-state index in [1.165, 1.54) is 18.6 Å². The van der Waals surface area contributed by atoms with Crippen molar-refractivity contribution >= 4 is 11.6 Å². The molecule has 0 heterocycles. The van der Waals surface area contributed by atoms with Crippen molar-refractivity contribution in [2.75, 3.05) is 5.73 Å². The van der Waals surface area contributed by atoms with Crippen LogP contribution in [0.15, 0.2) is 18.2 Å². The van der Waals surface area contributed by atoms with E-state index >= 15 is 0 Å². The molecule has 1 atom stereocenters. The summed E-state index contributed by atoms with van der Waals surface area (Å²) in [6.07, 6.45) is 4.37. The lowest BCUT2D eigenvalue weighted by Gasteiger charge is -2.39. The van der Waals surface area contributed by atoms with Crippen LogP contribution in [0.5, 0.6) is 0 Å². The molecular formula is C15H21FN2O. The number of anilines is 1. The van der Waals surface area contributed by atoms with Crippen molar-refractivity contribution in [3.05, 3.63) is 29.6 Å². The largest absolute Gasteiger partial charge is 0.396 e. The number of hydrogen-bond donors (Lipinski definition) is 2. The van der Waals surface area contributed by atoms with E-state index in [-0.39, 0.29) is 28.6 Å². The van der Waals surface area contributed by atoms with Crippen LogP contribution in [-0.4, -0.2) is 11.9 Å². The Morgan fingerprint density at radius 1 is 1.42 bits per heavy atom. The number of nitrogen functional groups attached to an aromatic ring is 1. The monoisotopic (exact) mass is 264 g/mol. The molecule has 0 bridgehead atoms. The van der Waals surface area contributed by atoms with Crippen LogP contribution in [0.2, 0.25) is 0 Å². The highest BCUT2D eigenvalue weighted by atomic mass is 19.1. The second-order valence-corrected chi connectivity index (χ2v) is 5.96. The van der Waals surface area contributed by atoms with E-state index in [0.717, 1.165) is 19.3 Å². The molecule has 1 aliphatic carbocycles. The van der Waals surface area contributed by atoms with Crippen LogP contribution >= 0.6 is 0 Å². The Bertz CT molecular complexity index is 485. The van der Waals surface area contributed by atoms with Crippen LogP contribution < -0.4 is 11.1 Å². The summed E-state index contributed by atoms with van der Waals surface area (Å²) in [6, 6.07) is 4.45. The number of hydrogen-bond acceptors (Lipinski definition) is 2. The number of amides is 1. The Morgan fingerprint density at radius 3 is 2.84 bits per heavy atom. The molecule has 0 aliphatic heterocycles. The van der Waals surface area contributed by atoms with Crippen LogP contribution in [0.1, 0.15) is 49.9 Å². The Balaban J connectivity index is 2.15. The molecule has 1 aromatic rings. The Morgan fingerprint density at radius 2 is 2.16 bits per heavy atom. The molecule has 0 spiro atoms. The fourth-order valence-corrected chi connectivity index (χ4v) is 2.73. The zero-order valence-electron chi connectivity index (χ0n) is 11.5. The smallest absolute Gasteiger partial charge is 0.253 e. The molecule has 3 nitrogen and oxygen atoms in total. The van der Waals surface area contributed by atoms with Crippen molar-refractivity contribution < 1.29 is 9.18 Å². The first-order valence-electron chi connectivity index (χ1n) is 6.76. The predicted molar refractivity (Wildman–Crippen MR) is 74.3 cm³/mol. The maximum Gasteiger partial charge on any atom is 0.253 e. The minimum absolute atomic E-state index is 0.0754. The molecule has 19 heavy (non-hydrogen) atoms. The normalized spacial score (nSPS) is 21.9. The van der Waals surface area contributed by atoms with Gasteiger partial charge in [-0.25, -0.2) is 4.39 Å². The summed E-state index contributed by atoms with van der Waals surface area (Å²) in [7, 11) is 0. The van der Waals surface area contributed by atoms with E-state index in [2.05, 4.69) is 19.2 Å². The van der Waals surface area contributed by atoms with Gasteiger partial charge in [0.1, 0.15) is 5.82 Å². The highest BCUT2D eigenvalue weighted by molar-refractivity contribution is 5.99. The Kier molecular flexibility index (Phi) is 3.78. The van der Waals surface area contributed by atoms with Crippen molar-refractivity contribution in [2.45, 2.75) is 45.6 Å². The minimum atomic E-state index is -0.546. The van der Waals surface area contributed by atoms with Crippen LogP contribution in [0.3, 0.4) is 0 Å². The molecule has 4 heteroatoms. The number of rotatable bonds is 2. The van der Waals surface area contributed by atoms with E-state index in [4.69, 9.17) is 5.73 Å². The summed E-state index contributed by atoms with van der Waals surface area (Å²) < 4.78 is 13.4. The molecule has 3 N–H and O–H groups in total. The third-order valence-electron chi connectivity index (χ3n) is 4.11. The highest BCUT2D eigenvalue weighted by Crippen LogP contribution is 2.35. The van der Waals surface area contributed by atoms with Crippen molar-refractivity contribution in [2.24, 2.45) is 5.41 Å². The summed E-state index contributed by atoms with van der Waals surface area (Å²) in [5.41, 5.74) is 5.85. The molecule has 2 rings (SSSR count). The molecule has 1 aliphatic rings. The van der Waals surface area contributed by atoms with Gasteiger partial charge in [-0.3, -0.25) is 4.79 Å². The first-order chi connectivity index (χ1) is 8.92. The number of nitrogens with two attached hydrogens (primary N) is 1. The van der Waals surface area contributed by atoms with Crippen LogP contribution in [0, 0.1) is 11.2 Å². The third-order valence-corrected chi connectivity index (χ3v) is 4.11. The second-order valence-electron chi connectivity index (χ2n) is 5.96. The van der Waals surface area contributed by atoms with Gasteiger partial charge in [-0.2, -0.15) is 0 Å². The van der Waals surface area contributed by atoms with Gasteiger partial charge in [0.15, 0.2) is 0 Å². The molecule has 1 fully saturated rings. The van der Waals surface area contributed by atoms with Crippen molar-refractivity contribution in [3.63, 3.8) is 0 Å². The minimum Gasteiger partial charge on any atom is -0.396 e. The van der Waals surface area contributed by atoms with Crippen molar-refractivity contribution in [1.29, 1.82) is 0 Å². The van der Waals surface area contributed by atoms with E-state index < -0.39 is 5.82 Å². The fraction of sp³-hybridized carbons (Fsp3) is 0.533. The summed E-state index contributed by atoms with van der Waals surface area (Å²) in [4.78, 5) is 12.2. The fourth-order valence-electron chi connectivity index (χ4n) is 2.73. The number of carbonyl (C=O) groups is 1. The number of para-hydroxylation sites is 1. The number of halogens is 1. The number of nitrogens with one attached hydrogen (secondary N) is 1. The van der Waals surface area contributed by atoms with Crippen molar-refractivity contribution in [3.8, 4) is 0 Å². The van der Waals surface area contributed by atoms with Gasteiger partial charge in [0, 0.05) is 6.04 Å². The van der Waals surface area contributed by atoms with E-state index in [0.29, 0.717) is 0 Å². The zero-order chi connectivity index (χ0) is 14.0. The lowest BCUT2D eigenvalue weighted by Crippen LogP contribution is -2.47. The summed E-state index contributed by atoms with van der Waals surface area (Å²) in [6.45, 7) is 4.32. The molecule has 0 radical (unpaired) electrons. The van der Waals surface area contributed by atoms with Gasteiger partial charge in [-0.1, -0.05) is 32.8 Å². The SMILES string of the molecule is CC1(C)CCCCC1NC(=O)c1cccc(F)c1N. The summed E-state index contributed by atoms with van der Waals surface area (Å²) in [5.74, 6) is -0.826. The van der Waals surface area contributed by atoms with Gasteiger partial charge in [0.05, 0.1) is 11.3 Å².